The molecule has 0 spiro atoms. The van der Waals surface area contributed by atoms with Crippen LogP contribution in [0.2, 0.25) is 5.02 Å². The first kappa shape index (κ1) is 19.1. The molecule has 3 nitrogen and oxygen atoms in total. The minimum Gasteiger partial charge on any atom is -0.368 e. The molecule has 2 rings (SSSR count). The van der Waals surface area contributed by atoms with Gasteiger partial charge >= 0.3 is 0 Å². The number of benzene rings is 1. The monoisotopic (exact) mass is 350 g/mol. The van der Waals surface area contributed by atoms with Gasteiger partial charge in [-0.1, -0.05) is 57.0 Å². The molecule has 0 aliphatic carbocycles. The third-order valence-electron chi connectivity index (χ3n) is 4.82. The van der Waals surface area contributed by atoms with E-state index in [1.807, 2.05) is 17.0 Å². The number of halogens is 1. The summed E-state index contributed by atoms with van der Waals surface area (Å²) < 4.78 is 0. The van der Waals surface area contributed by atoms with Crippen LogP contribution in [-0.4, -0.2) is 37.0 Å². The summed E-state index contributed by atoms with van der Waals surface area (Å²) in [5.74, 6) is 0.333. The highest BCUT2D eigenvalue weighted by molar-refractivity contribution is 6.30. The van der Waals surface area contributed by atoms with Crippen molar-refractivity contribution in [2.24, 2.45) is 0 Å². The summed E-state index contributed by atoms with van der Waals surface area (Å²) in [4.78, 5) is 16.7. The summed E-state index contributed by atoms with van der Waals surface area (Å²) >= 11 is 5.94. The molecule has 1 fully saturated rings. The minimum absolute atomic E-state index is 0.333. The Morgan fingerprint density at radius 1 is 0.917 bits per heavy atom. The highest BCUT2D eigenvalue weighted by Gasteiger charge is 2.20. The third kappa shape index (κ3) is 6.35. The fourth-order valence-corrected chi connectivity index (χ4v) is 3.38. The molecule has 0 saturated carbocycles. The number of piperazine rings is 1. The van der Waals surface area contributed by atoms with E-state index in [1.54, 1.807) is 0 Å². The third-order valence-corrected chi connectivity index (χ3v) is 5.07. The lowest BCUT2D eigenvalue weighted by Crippen LogP contribution is -2.48. The van der Waals surface area contributed by atoms with E-state index in [0.29, 0.717) is 12.3 Å². The van der Waals surface area contributed by atoms with Crippen LogP contribution in [0.25, 0.3) is 0 Å². The molecule has 1 aliphatic heterocycles. The van der Waals surface area contributed by atoms with Crippen LogP contribution in [0.1, 0.15) is 58.3 Å². The van der Waals surface area contributed by atoms with Gasteiger partial charge in [0, 0.05) is 43.3 Å². The van der Waals surface area contributed by atoms with Crippen molar-refractivity contribution >= 4 is 23.2 Å². The molecule has 134 valence electrons. The first-order valence-corrected chi connectivity index (χ1v) is 9.87. The van der Waals surface area contributed by atoms with Gasteiger partial charge < -0.3 is 9.80 Å². The first-order chi connectivity index (χ1) is 11.7. The Labute approximate surface area is 152 Å². The van der Waals surface area contributed by atoms with Gasteiger partial charge in [0.05, 0.1) is 0 Å². The predicted octanol–water partition coefficient (Wildman–Crippen LogP) is 5.13. The van der Waals surface area contributed by atoms with Gasteiger partial charge in [0.25, 0.3) is 0 Å². The standard InChI is InChI=1S/C20H31ClN2O/c1-2-3-4-5-6-7-8-9-20(24)23-16-14-22(15-17-23)19-12-10-18(21)11-13-19/h10-13H,2-9,14-17H2,1H3. The van der Waals surface area contributed by atoms with E-state index in [2.05, 4.69) is 24.0 Å². The van der Waals surface area contributed by atoms with Crippen LogP contribution >= 0.6 is 11.6 Å². The maximum Gasteiger partial charge on any atom is 0.222 e. The minimum atomic E-state index is 0.333. The molecule has 0 atom stereocenters. The van der Waals surface area contributed by atoms with E-state index in [0.717, 1.165) is 37.6 Å². The lowest BCUT2D eigenvalue weighted by molar-refractivity contribution is -0.131. The van der Waals surface area contributed by atoms with Crippen molar-refractivity contribution in [1.82, 2.24) is 4.90 Å². The predicted molar refractivity (Wildman–Crippen MR) is 103 cm³/mol. The number of hydrogen-bond acceptors (Lipinski definition) is 2. The van der Waals surface area contributed by atoms with Crippen molar-refractivity contribution in [2.75, 3.05) is 31.1 Å². The second-order valence-corrected chi connectivity index (χ2v) is 7.15. The molecule has 1 aliphatic rings. The van der Waals surface area contributed by atoms with Gasteiger partial charge in [0.1, 0.15) is 0 Å². The number of amides is 1. The fraction of sp³-hybridized carbons (Fsp3) is 0.650. The summed E-state index contributed by atoms with van der Waals surface area (Å²) in [5, 5.41) is 0.766. The van der Waals surface area contributed by atoms with Crippen molar-refractivity contribution in [2.45, 2.75) is 58.3 Å². The molecule has 0 N–H and O–H groups in total. The van der Waals surface area contributed by atoms with E-state index >= 15 is 0 Å². The molecule has 1 saturated heterocycles. The largest absolute Gasteiger partial charge is 0.368 e. The molecule has 0 radical (unpaired) electrons. The van der Waals surface area contributed by atoms with Crippen LogP contribution in [0.3, 0.4) is 0 Å². The molecular weight excluding hydrogens is 320 g/mol. The van der Waals surface area contributed by atoms with E-state index in [4.69, 9.17) is 11.6 Å². The van der Waals surface area contributed by atoms with Crippen molar-refractivity contribution in [1.29, 1.82) is 0 Å². The van der Waals surface area contributed by atoms with Gasteiger partial charge in [-0.3, -0.25) is 4.79 Å². The van der Waals surface area contributed by atoms with E-state index < -0.39 is 0 Å². The number of carbonyl (C=O) groups excluding carboxylic acids is 1. The molecule has 0 unspecified atom stereocenters. The second-order valence-electron chi connectivity index (χ2n) is 6.72. The van der Waals surface area contributed by atoms with Crippen LogP contribution in [0.5, 0.6) is 0 Å². The van der Waals surface area contributed by atoms with Crippen LogP contribution in [0.15, 0.2) is 24.3 Å². The van der Waals surface area contributed by atoms with Gasteiger partial charge in [0.15, 0.2) is 0 Å². The molecule has 24 heavy (non-hydrogen) atoms. The molecule has 1 amide bonds. The molecule has 1 heterocycles. The molecule has 0 bridgehead atoms. The quantitative estimate of drug-likeness (QED) is 0.576. The van der Waals surface area contributed by atoms with Crippen molar-refractivity contribution in [3.8, 4) is 0 Å². The molecule has 4 heteroatoms. The number of carbonyl (C=O) groups is 1. The Morgan fingerprint density at radius 3 is 2.12 bits per heavy atom. The van der Waals surface area contributed by atoms with E-state index in [1.165, 1.54) is 44.2 Å². The van der Waals surface area contributed by atoms with Gasteiger partial charge in [-0.15, -0.1) is 0 Å². The summed E-state index contributed by atoms with van der Waals surface area (Å²) in [7, 11) is 0. The summed E-state index contributed by atoms with van der Waals surface area (Å²) in [6, 6.07) is 7.96. The number of unbranched alkanes of at least 4 members (excludes halogenated alkanes) is 6. The summed E-state index contributed by atoms with van der Waals surface area (Å²) in [5.41, 5.74) is 1.19. The molecule has 1 aromatic carbocycles. The zero-order valence-electron chi connectivity index (χ0n) is 15.0. The summed E-state index contributed by atoms with van der Waals surface area (Å²) in [6.07, 6.45) is 9.53. The average Bonchev–Trinajstić information content (AvgIpc) is 2.61. The van der Waals surface area contributed by atoms with E-state index in [-0.39, 0.29) is 0 Å². The highest BCUT2D eigenvalue weighted by Crippen LogP contribution is 2.20. The van der Waals surface area contributed by atoms with Crippen LogP contribution < -0.4 is 4.90 Å². The van der Waals surface area contributed by atoms with Gasteiger partial charge in [-0.05, 0) is 30.7 Å². The number of rotatable bonds is 9. The smallest absolute Gasteiger partial charge is 0.222 e. The lowest BCUT2D eigenvalue weighted by atomic mass is 10.1. The van der Waals surface area contributed by atoms with Gasteiger partial charge in [-0.2, -0.15) is 0 Å². The van der Waals surface area contributed by atoms with Crippen molar-refractivity contribution in [3.05, 3.63) is 29.3 Å². The highest BCUT2D eigenvalue weighted by atomic mass is 35.5. The second kappa shape index (κ2) is 10.6. The Balaban J connectivity index is 1.61. The van der Waals surface area contributed by atoms with Gasteiger partial charge in [-0.25, -0.2) is 0 Å². The van der Waals surface area contributed by atoms with Crippen LogP contribution in [0, 0.1) is 0 Å². The normalized spacial score (nSPS) is 14.9. The molecular formula is C20H31ClN2O. The topological polar surface area (TPSA) is 23.6 Å². The Bertz CT molecular complexity index is 481. The van der Waals surface area contributed by atoms with Crippen molar-refractivity contribution in [3.63, 3.8) is 0 Å². The van der Waals surface area contributed by atoms with Gasteiger partial charge in [0.2, 0.25) is 5.91 Å². The molecule has 0 aromatic heterocycles. The van der Waals surface area contributed by atoms with Crippen LogP contribution in [0.4, 0.5) is 5.69 Å². The van der Waals surface area contributed by atoms with Crippen molar-refractivity contribution < 1.29 is 4.79 Å². The molecule has 1 aromatic rings. The number of hydrogen-bond donors (Lipinski definition) is 0. The maximum absolute atomic E-state index is 12.3. The van der Waals surface area contributed by atoms with Crippen LogP contribution in [-0.2, 0) is 4.79 Å². The maximum atomic E-state index is 12.3. The number of anilines is 1. The SMILES string of the molecule is CCCCCCCCCC(=O)N1CCN(c2ccc(Cl)cc2)CC1. The summed E-state index contributed by atoms with van der Waals surface area (Å²) in [6.45, 7) is 5.72. The van der Waals surface area contributed by atoms with E-state index in [9.17, 15) is 4.79 Å². The zero-order valence-corrected chi connectivity index (χ0v) is 15.7. The average molecular weight is 351 g/mol. The zero-order chi connectivity index (χ0) is 17.2. The lowest BCUT2D eigenvalue weighted by Gasteiger charge is -2.36. The number of nitrogens with zero attached hydrogens (tertiary/aromatic N) is 2. The Hall–Kier alpha value is -1.22. The fourth-order valence-electron chi connectivity index (χ4n) is 3.26. The first-order valence-electron chi connectivity index (χ1n) is 9.49. The Morgan fingerprint density at radius 2 is 1.50 bits per heavy atom. The Kier molecular flexibility index (Phi) is 8.44.